The van der Waals surface area contributed by atoms with Crippen molar-refractivity contribution in [3.05, 3.63) is 70.9 Å². The maximum Gasteiger partial charge on any atom is 0.337 e. The van der Waals surface area contributed by atoms with Crippen molar-refractivity contribution < 1.29 is 13.9 Å². The molecule has 3 aromatic rings. The molecule has 0 unspecified atom stereocenters. The molecule has 5 nitrogen and oxygen atoms in total. The Bertz CT molecular complexity index is 1140. The summed E-state index contributed by atoms with van der Waals surface area (Å²) in [5, 5.41) is 1.30. The van der Waals surface area contributed by atoms with Crippen LogP contribution in [0.1, 0.15) is 47.4 Å². The molecule has 0 radical (unpaired) electrons. The summed E-state index contributed by atoms with van der Waals surface area (Å²) in [5.41, 5.74) is 4.55. The molecule has 0 atom stereocenters. The fourth-order valence-corrected chi connectivity index (χ4v) is 5.25. The summed E-state index contributed by atoms with van der Waals surface area (Å²) in [5.74, 6) is -0.308. The van der Waals surface area contributed by atoms with Crippen molar-refractivity contribution in [2.45, 2.75) is 45.8 Å². The largest absolute Gasteiger partial charge is 0.465 e. The first-order valence-corrected chi connectivity index (χ1v) is 12.6. The lowest BCUT2D eigenvalue weighted by Crippen LogP contribution is -2.49. The van der Waals surface area contributed by atoms with E-state index in [0.717, 1.165) is 52.1 Å². The fraction of sp³-hybridized carbons (Fsp3) is 0.483. The molecule has 0 spiro atoms. The van der Waals surface area contributed by atoms with Crippen LogP contribution >= 0.6 is 0 Å². The maximum atomic E-state index is 14.0. The molecule has 1 aliphatic rings. The van der Waals surface area contributed by atoms with E-state index >= 15 is 0 Å². The van der Waals surface area contributed by atoms with Crippen LogP contribution in [0.3, 0.4) is 0 Å². The fourth-order valence-electron chi connectivity index (χ4n) is 5.25. The van der Waals surface area contributed by atoms with Gasteiger partial charge in [-0.3, -0.25) is 4.90 Å². The van der Waals surface area contributed by atoms with E-state index in [0.29, 0.717) is 12.1 Å². The van der Waals surface area contributed by atoms with Gasteiger partial charge in [0, 0.05) is 55.9 Å². The second kappa shape index (κ2) is 10.9. The molecular weight excluding hydrogens is 441 g/mol. The van der Waals surface area contributed by atoms with Crippen molar-refractivity contribution in [1.82, 2.24) is 14.4 Å². The number of halogens is 1. The van der Waals surface area contributed by atoms with Gasteiger partial charge in [0.15, 0.2) is 0 Å². The first-order valence-electron chi connectivity index (χ1n) is 12.6. The molecule has 188 valence electrons. The number of methoxy groups -OCH3 is 1. The van der Waals surface area contributed by atoms with Crippen LogP contribution in [0.5, 0.6) is 0 Å². The molecule has 2 aromatic carbocycles. The van der Waals surface area contributed by atoms with Gasteiger partial charge in [-0.25, -0.2) is 9.18 Å². The number of para-hydroxylation sites is 1. The molecule has 4 rings (SSSR count). The minimum Gasteiger partial charge on any atom is -0.465 e. The molecule has 2 heterocycles. The summed E-state index contributed by atoms with van der Waals surface area (Å²) in [7, 11) is 1.40. The third kappa shape index (κ3) is 6.30. The van der Waals surface area contributed by atoms with Crippen LogP contribution in [0.4, 0.5) is 4.39 Å². The Hall–Kier alpha value is -2.70. The quantitative estimate of drug-likeness (QED) is 0.401. The molecule has 1 saturated heterocycles. The van der Waals surface area contributed by atoms with Crippen LogP contribution in [0.15, 0.2) is 48.5 Å². The number of esters is 1. The molecule has 1 fully saturated rings. The highest BCUT2D eigenvalue weighted by molar-refractivity contribution is 5.89. The van der Waals surface area contributed by atoms with Gasteiger partial charge in [-0.1, -0.05) is 30.3 Å². The second-order valence-corrected chi connectivity index (χ2v) is 10.3. The van der Waals surface area contributed by atoms with Gasteiger partial charge in [0.1, 0.15) is 5.67 Å². The molecule has 0 N–H and O–H groups in total. The Morgan fingerprint density at radius 3 is 2.29 bits per heavy atom. The highest BCUT2D eigenvalue weighted by Gasteiger charge is 2.24. The first-order chi connectivity index (χ1) is 16.7. The van der Waals surface area contributed by atoms with Gasteiger partial charge in [0.25, 0.3) is 0 Å². The molecule has 0 saturated carbocycles. The SMILES string of the molecule is COC(=O)c1ccc(Cc2c(C)n(CCCN3CCN(CC(C)(C)F)CC3)c3ccccc23)cc1. The van der Waals surface area contributed by atoms with Gasteiger partial charge >= 0.3 is 5.97 Å². The summed E-state index contributed by atoms with van der Waals surface area (Å²) in [6, 6.07) is 16.3. The van der Waals surface area contributed by atoms with Crippen molar-refractivity contribution in [3.8, 4) is 0 Å². The molecule has 0 bridgehead atoms. The molecule has 1 aliphatic heterocycles. The van der Waals surface area contributed by atoms with Crippen molar-refractivity contribution in [2.75, 3.05) is 46.4 Å². The predicted molar refractivity (Wildman–Crippen MR) is 140 cm³/mol. The number of fused-ring (bicyclic) bond motifs is 1. The summed E-state index contributed by atoms with van der Waals surface area (Å²) in [4.78, 5) is 16.5. The van der Waals surface area contributed by atoms with Crippen LogP contribution in [-0.4, -0.2) is 72.4 Å². The standard InChI is InChI=1S/C29H38FN3O2/c1-22-26(20-23-10-12-24(13-11-23)28(34)35-4)25-8-5-6-9-27(25)33(22)15-7-14-31-16-18-32(19-17-31)21-29(2,3)30/h5-6,8-13H,7,14-21H2,1-4H3. The molecule has 1 aromatic heterocycles. The van der Waals surface area contributed by atoms with Crippen LogP contribution in [-0.2, 0) is 17.7 Å². The number of benzene rings is 2. The van der Waals surface area contributed by atoms with Crippen molar-refractivity contribution >= 4 is 16.9 Å². The number of carbonyl (C=O) groups excluding carboxylic acids is 1. The van der Waals surface area contributed by atoms with Gasteiger partial charge < -0.3 is 14.2 Å². The number of hydrogen-bond donors (Lipinski definition) is 0. The monoisotopic (exact) mass is 479 g/mol. The number of piperazine rings is 1. The van der Waals surface area contributed by atoms with Crippen LogP contribution in [0.2, 0.25) is 0 Å². The average Bonchev–Trinajstić information content (AvgIpc) is 3.10. The Morgan fingerprint density at radius 2 is 1.63 bits per heavy atom. The lowest BCUT2D eigenvalue weighted by atomic mass is 10.0. The molecule has 35 heavy (non-hydrogen) atoms. The number of aryl methyl sites for hydroxylation is 1. The molecular formula is C29H38FN3O2. The molecule has 6 heteroatoms. The topological polar surface area (TPSA) is 37.7 Å². The number of rotatable bonds is 9. The number of hydrogen-bond acceptors (Lipinski definition) is 4. The zero-order chi connectivity index (χ0) is 25.0. The third-order valence-electron chi connectivity index (χ3n) is 7.04. The number of ether oxygens (including phenoxy) is 1. The van der Waals surface area contributed by atoms with E-state index in [4.69, 9.17) is 4.74 Å². The van der Waals surface area contributed by atoms with Gasteiger partial charge in [0.2, 0.25) is 0 Å². The van der Waals surface area contributed by atoms with Gasteiger partial charge in [-0.2, -0.15) is 0 Å². The summed E-state index contributed by atoms with van der Waals surface area (Å²) < 4.78 is 21.2. The Morgan fingerprint density at radius 1 is 0.971 bits per heavy atom. The summed E-state index contributed by atoms with van der Waals surface area (Å²) in [6.45, 7) is 12.0. The van der Waals surface area contributed by atoms with Gasteiger partial charge in [-0.15, -0.1) is 0 Å². The normalized spacial score (nSPS) is 15.6. The van der Waals surface area contributed by atoms with E-state index in [-0.39, 0.29) is 5.97 Å². The zero-order valence-corrected chi connectivity index (χ0v) is 21.5. The van der Waals surface area contributed by atoms with Crippen molar-refractivity contribution in [1.29, 1.82) is 0 Å². The van der Waals surface area contributed by atoms with E-state index in [1.165, 1.54) is 34.8 Å². The number of aromatic nitrogens is 1. The number of carbonyl (C=O) groups is 1. The van der Waals surface area contributed by atoms with E-state index in [1.54, 1.807) is 13.8 Å². The van der Waals surface area contributed by atoms with E-state index < -0.39 is 5.67 Å². The smallest absolute Gasteiger partial charge is 0.337 e. The third-order valence-corrected chi connectivity index (χ3v) is 7.04. The average molecular weight is 480 g/mol. The Kier molecular flexibility index (Phi) is 7.92. The second-order valence-electron chi connectivity index (χ2n) is 10.3. The Balaban J connectivity index is 1.40. The molecule has 0 amide bonds. The lowest BCUT2D eigenvalue weighted by Gasteiger charge is -2.36. The lowest BCUT2D eigenvalue weighted by molar-refractivity contribution is 0.0600. The predicted octanol–water partition coefficient (Wildman–Crippen LogP) is 5.08. The van der Waals surface area contributed by atoms with Gasteiger partial charge in [-0.05, 0) is 69.5 Å². The van der Waals surface area contributed by atoms with Crippen LogP contribution in [0, 0.1) is 6.92 Å². The van der Waals surface area contributed by atoms with E-state index in [2.05, 4.69) is 45.6 Å². The zero-order valence-electron chi connectivity index (χ0n) is 21.5. The first kappa shape index (κ1) is 25.4. The minimum atomic E-state index is -1.13. The highest BCUT2D eigenvalue weighted by Crippen LogP contribution is 2.28. The number of alkyl halides is 1. The minimum absolute atomic E-state index is 0.308. The van der Waals surface area contributed by atoms with Crippen molar-refractivity contribution in [3.63, 3.8) is 0 Å². The summed E-state index contributed by atoms with van der Waals surface area (Å²) >= 11 is 0. The van der Waals surface area contributed by atoms with E-state index in [1.807, 2.05) is 24.3 Å². The van der Waals surface area contributed by atoms with E-state index in [9.17, 15) is 9.18 Å². The summed E-state index contributed by atoms with van der Waals surface area (Å²) in [6.07, 6.45) is 1.91. The Labute approximate surface area is 208 Å². The van der Waals surface area contributed by atoms with Gasteiger partial charge in [0.05, 0.1) is 12.7 Å². The number of nitrogens with zero attached hydrogens (tertiary/aromatic N) is 3. The van der Waals surface area contributed by atoms with Crippen molar-refractivity contribution in [2.24, 2.45) is 0 Å². The molecule has 0 aliphatic carbocycles. The maximum absolute atomic E-state index is 14.0. The van der Waals surface area contributed by atoms with Crippen LogP contribution < -0.4 is 0 Å². The highest BCUT2D eigenvalue weighted by atomic mass is 19.1. The van der Waals surface area contributed by atoms with Crippen LogP contribution in [0.25, 0.3) is 10.9 Å².